The topological polar surface area (TPSA) is 40.5 Å². The highest BCUT2D eigenvalue weighted by atomic mass is 28.3. The van der Waals surface area contributed by atoms with Crippen LogP contribution in [0.4, 0.5) is 92.2 Å². The molecular weight excluding hydrogens is 579 g/mol. The Morgan fingerprint density at radius 3 is 0.647 bits per heavy atom. The lowest BCUT2D eigenvalue weighted by atomic mass is 9.87. The normalized spacial score (nSPS) is 16.9. The molecule has 0 aliphatic heterocycles. The van der Waals surface area contributed by atoms with Gasteiger partial charge in [0.05, 0.1) is 0 Å². The van der Waals surface area contributed by atoms with Crippen LogP contribution in [0.25, 0.3) is 0 Å². The Morgan fingerprint density at radius 2 is 0.471 bits per heavy atom. The first-order chi connectivity index (χ1) is 14.2. The third kappa shape index (κ3) is 3.68. The maximum atomic E-state index is 13.3. The third-order valence-corrected chi connectivity index (χ3v) is 4.87. The molecule has 0 aliphatic rings. The van der Waals surface area contributed by atoms with E-state index in [1.54, 1.807) is 0 Å². The van der Waals surface area contributed by atoms with E-state index in [9.17, 15) is 92.2 Å². The van der Waals surface area contributed by atoms with Gasteiger partial charge in [0.1, 0.15) is 0 Å². The average molecular weight is 582 g/mol. The molecule has 0 fully saturated rings. The quantitative estimate of drug-likeness (QED) is 0.297. The van der Waals surface area contributed by atoms with Crippen molar-refractivity contribution in [2.45, 2.75) is 59.1 Å². The molecule has 0 aromatic rings. The lowest BCUT2D eigenvalue weighted by Gasteiger charge is -2.44. The van der Waals surface area contributed by atoms with Crippen molar-refractivity contribution in [3.63, 3.8) is 0 Å². The summed E-state index contributed by atoms with van der Waals surface area (Å²) < 4.78 is 271. The first kappa shape index (κ1) is 32.7. The summed E-state index contributed by atoms with van der Waals surface area (Å²) in [6, 6.07) is 0. The zero-order valence-corrected chi connectivity index (χ0v) is 15.6. The molecule has 206 valence electrons. The summed E-state index contributed by atoms with van der Waals surface area (Å²) in [5.74, 6) is -71.2. The zero-order chi connectivity index (χ0) is 28.6. The Hall–Kier alpha value is -1.33. The predicted octanol–water partition coefficient (Wildman–Crippen LogP) is 5.01. The molecule has 0 saturated carbocycles. The van der Waals surface area contributed by atoms with E-state index >= 15 is 0 Å². The molecule has 0 saturated heterocycles. The molecule has 0 unspecified atom stereocenters. The molecule has 0 spiro atoms. The number of rotatable bonds is 9. The Balaban J connectivity index is 7.08. The molecule has 0 amide bonds. The van der Waals surface area contributed by atoms with Gasteiger partial charge in [-0.25, -0.2) is 0 Å². The fourth-order valence-electron chi connectivity index (χ4n) is 1.73. The minimum absolute atomic E-state index is 6.70. The minimum atomic E-state index is -9.24. The van der Waals surface area contributed by atoms with E-state index < -0.39 is 68.4 Å². The largest absolute Gasteiger partial charge is 0.460 e. The standard InChI is InChI=1S/C10H3F21O2Si/c11-1(12,3(15,16)5(19,20)7(23,24)9(27,28)29)2(13,14)4(17,18)6(21,22)8(25,26)10(30,31)34(32)33/h32-34H. The van der Waals surface area contributed by atoms with E-state index in [1.807, 2.05) is 0 Å². The summed E-state index contributed by atoms with van der Waals surface area (Å²) in [4.78, 5) is 15.9. The summed E-state index contributed by atoms with van der Waals surface area (Å²) in [6.45, 7) is 0. The Kier molecular flexibility index (Phi) is 7.52. The molecule has 0 aromatic heterocycles. The number of alkyl halides is 21. The number of halogens is 21. The van der Waals surface area contributed by atoms with Crippen LogP contribution in [0.2, 0.25) is 0 Å². The van der Waals surface area contributed by atoms with Gasteiger partial charge in [0.25, 0.3) is 0 Å². The fourth-order valence-corrected chi connectivity index (χ4v) is 2.24. The average Bonchev–Trinajstić information content (AvgIpc) is 2.58. The summed E-state index contributed by atoms with van der Waals surface area (Å²) in [7, 11) is -6.70. The van der Waals surface area contributed by atoms with Crippen LogP contribution >= 0.6 is 0 Å². The van der Waals surface area contributed by atoms with Crippen molar-refractivity contribution in [1.29, 1.82) is 0 Å². The van der Waals surface area contributed by atoms with Crippen LogP contribution in [0.3, 0.4) is 0 Å². The van der Waals surface area contributed by atoms with Crippen LogP contribution in [-0.4, -0.2) is 78.0 Å². The highest BCUT2D eigenvalue weighted by Gasteiger charge is 2.98. The van der Waals surface area contributed by atoms with E-state index in [4.69, 9.17) is 9.59 Å². The van der Waals surface area contributed by atoms with E-state index in [-0.39, 0.29) is 0 Å². The van der Waals surface area contributed by atoms with Crippen LogP contribution < -0.4 is 0 Å². The van der Waals surface area contributed by atoms with Gasteiger partial charge >= 0.3 is 68.4 Å². The van der Waals surface area contributed by atoms with Crippen molar-refractivity contribution in [2.24, 2.45) is 0 Å². The Morgan fingerprint density at radius 1 is 0.294 bits per heavy atom. The van der Waals surface area contributed by atoms with Gasteiger partial charge in [0.15, 0.2) is 0 Å². The van der Waals surface area contributed by atoms with E-state index in [1.165, 1.54) is 0 Å². The van der Waals surface area contributed by atoms with Crippen molar-refractivity contribution >= 4 is 9.28 Å². The van der Waals surface area contributed by atoms with E-state index in [0.29, 0.717) is 0 Å². The summed E-state index contributed by atoms with van der Waals surface area (Å²) in [5.41, 5.74) is -7.28. The second-order valence-corrected chi connectivity index (χ2v) is 7.56. The van der Waals surface area contributed by atoms with Gasteiger partial charge in [-0.1, -0.05) is 0 Å². The van der Waals surface area contributed by atoms with Crippen LogP contribution in [0.1, 0.15) is 0 Å². The summed E-state index contributed by atoms with van der Waals surface area (Å²) in [5, 5.41) is 0. The SMILES string of the molecule is O[SiH](O)C(F)(F)C(F)(F)C(F)(F)C(F)(F)C(F)(F)C(F)(F)C(F)(F)C(F)(F)C(F)(F)C(F)(F)F. The second-order valence-electron chi connectivity index (χ2n) is 6.09. The summed E-state index contributed by atoms with van der Waals surface area (Å²) in [6.07, 6.45) is -8.03. The van der Waals surface area contributed by atoms with Gasteiger partial charge in [-0.15, -0.1) is 0 Å². The van der Waals surface area contributed by atoms with E-state index in [0.717, 1.165) is 0 Å². The molecular formula is C10H3F21O2Si. The first-order valence-corrected chi connectivity index (χ1v) is 8.63. The molecule has 0 bridgehead atoms. The molecule has 24 heteroatoms. The molecule has 0 atom stereocenters. The fraction of sp³-hybridized carbons (Fsp3) is 1.00. The van der Waals surface area contributed by atoms with Crippen molar-refractivity contribution in [2.75, 3.05) is 0 Å². The smallest absolute Gasteiger partial charge is 0.409 e. The maximum absolute atomic E-state index is 13.3. The zero-order valence-electron chi connectivity index (χ0n) is 14.4. The Labute approximate surface area is 171 Å². The number of hydrogen-bond acceptors (Lipinski definition) is 2. The predicted molar refractivity (Wildman–Crippen MR) is 62.2 cm³/mol. The van der Waals surface area contributed by atoms with Crippen molar-refractivity contribution in [3.05, 3.63) is 0 Å². The molecule has 0 aliphatic carbocycles. The van der Waals surface area contributed by atoms with Gasteiger partial charge in [-0.3, -0.25) is 0 Å². The van der Waals surface area contributed by atoms with Gasteiger partial charge in [-0.05, 0) is 0 Å². The lowest BCUT2D eigenvalue weighted by molar-refractivity contribution is -0.472. The van der Waals surface area contributed by atoms with Crippen LogP contribution in [0.15, 0.2) is 0 Å². The van der Waals surface area contributed by atoms with E-state index in [2.05, 4.69) is 0 Å². The molecule has 2 nitrogen and oxygen atoms in total. The number of hydrogen-bond donors (Lipinski definition) is 2. The minimum Gasteiger partial charge on any atom is -0.409 e. The molecule has 2 N–H and O–H groups in total. The first-order valence-electron chi connectivity index (χ1n) is 7.02. The molecule has 0 aromatic carbocycles. The van der Waals surface area contributed by atoms with Crippen molar-refractivity contribution in [1.82, 2.24) is 0 Å². The van der Waals surface area contributed by atoms with Crippen molar-refractivity contribution in [3.8, 4) is 0 Å². The molecule has 0 heterocycles. The molecule has 0 rings (SSSR count). The van der Waals surface area contributed by atoms with Crippen LogP contribution in [0.5, 0.6) is 0 Å². The summed E-state index contributed by atoms with van der Waals surface area (Å²) >= 11 is 0. The second kappa shape index (κ2) is 7.83. The highest BCUT2D eigenvalue weighted by Crippen LogP contribution is 2.66. The Bertz CT molecular complexity index is 751. The van der Waals surface area contributed by atoms with Gasteiger partial charge in [0.2, 0.25) is 0 Å². The third-order valence-electron chi connectivity index (χ3n) is 3.86. The highest BCUT2D eigenvalue weighted by molar-refractivity contribution is 6.44. The van der Waals surface area contributed by atoms with Gasteiger partial charge in [-0.2, -0.15) is 92.2 Å². The molecule has 34 heavy (non-hydrogen) atoms. The van der Waals surface area contributed by atoms with Crippen LogP contribution in [-0.2, 0) is 0 Å². The van der Waals surface area contributed by atoms with Crippen molar-refractivity contribution < 1.29 is 102 Å². The van der Waals surface area contributed by atoms with Crippen LogP contribution in [0, 0.1) is 0 Å². The lowest BCUT2D eigenvalue weighted by Crippen LogP contribution is -2.77. The monoisotopic (exact) mass is 582 g/mol. The molecule has 0 radical (unpaired) electrons. The maximum Gasteiger partial charge on any atom is 0.460 e. The van der Waals surface area contributed by atoms with Gasteiger partial charge < -0.3 is 9.59 Å². The van der Waals surface area contributed by atoms with Gasteiger partial charge in [0, 0.05) is 0 Å².